The average molecular weight is 399 g/mol. The van der Waals surface area contributed by atoms with Crippen molar-refractivity contribution >= 4 is 40.3 Å². The van der Waals surface area contributed by atoms with E-state index in [2.05, 4.69) is 20.2 Å². The van der Waals surface area contributed by atoms with Gasteiger partial charge in [-0.25, -0.2) is 4.98 Å². The molecule has 3 rings (SSSR count). The lowest BCUT2D eigenvalue weighted by molar-refractivity contribution is -0.532. The van der Waals surface area contributed by atoms with Gasteiger partial charge in [-0.3, -0.25) is 9.29 Å². The monoisotopic (exact) mass is 398 g/mol. The van der Waals surface area contributed by atoms with Crippen molar-refractivity contribution in [2.75, 3.05) is 26.8 Å². The first-order valence-electron chi connectivity index (χ1n) is 8.21. The highest BCUT2D eigenvalue weighted by Crippen LogP contribution is 2.36. The number of aromatic hydroxyl groups is 1. The molecule has 0 spiro atoms. The number of alkyl halides is 1. The molecule has 0 aliphatic carbocycles. The number of aromatic nitrogens is 1. The molecule has 1 atom stereocenters. The van der Waals surface area contributed by atoms with Gasteiger partial charge in [0, 0.05) is 23.5 Å². The Kier molecular flexibility index (Phi) is 6.01. The van der Waals surface area contributed by atoms with E-state index in [9.17, 15) is 9.50 Å². The van der Waals surface area contributed by atoms with Gasteiger partial charge in [0.15, 0.2) is 5.75 Å². The first-order chi connectivity index (χ1) is 12.5. The van der Waals surface area contributed by atoms with Gasteiger partial charge < -0.3 is 5.11 Å². The summed E-state index contributed by atoms with van der Waals surface area (Å²) in [7, 11) is 1.95. The molecule has 0 bridgehead atoms. The maximum atomic E-state index is 12.2. The van der Waals surface area contributed by atoms with Crippen LogP contribution in [0.1, 0.15) is 12.1 Å². The summed E-state index contributed by atoms with van der Waals surface area (Å²) in [6, 6.07) is 5.12. The van der Waals surface area contributed by atoms with Crippen LogP contribution in [-0.2, 0) is 6.54 Å². The number of pyridine rings is 1. The molecule has 1 aromatic carbocycles. The number of fused-ring (bicyclic) bond motifs is 1. The number of phenols is 1. The fourth-order valence-electron chi connectivity index (χ4n) is 2.81. The molecule has 138 valence electrons. The largest absolute Gasteiger partial charge is 0.504 e. The molecule has 0 radical (unpaired) electrons. The maximum Gasteiger partial charge on any atom is 0.235 e. The summed E-state index contributed by atoms with van der Waals surface area (Å²) < 4.78 is 13.9. The topological polar surface area (TPSA) is 64.1 Å². The van der Waals surface area contributed by atoms with E-state index >= 15 is 0 Å². The van der Waals surface area contributed by atoms with Crippen molar-refractivity contribution in [1.29, 1.82) is 0 Å². The Hall–Kier alpha value is -1.83. The van der Waals surface area contributed by atoms with Crippen LogP contribution >= 0.6 is 23.2 Å². The third-order valence-corrected chi connectivity index (χ3v) is 4.63. The maximum absolute atomic E-state index is 12.2. The molecule has 1 aliphatic heterocycles. The lowest BCUT2D eigenvalue weighted by atomic mass is 10.2. The van der Waals surface area contributed by atoms with Crippen molar-refractivity contribution in [3.63, 3.8) is 0 Å². The summed E-state index contributed by atoms with van der Waals surface area (Å²) in [5.74, 6) is -0.0722. The molecule has 1 aliphatic rings. The summed E-state index contributed by atoms with van der Waals surface area (Å²) in [5, 5.41) is 19.6. The first kappa shape index (κ1) is 18.9. The van der Waals surface area contributed by atoms with Gasteiger partial charge in [-0.1, -0.05) is 23.2 Å². The van der Waals surface area contributed by atoms with E-state index < -0.39 is 0 Å². The summed E-state index contributed by atoms with van der Waals surface area (Å²) >= 11 is 12.1. The minimum Gasteiger partial charge on any atom is -0.504 e. The molecule has 2 aromatic rings. The number of halogens is 3. The lowest BCUT2D eigenvalue weighted by Gasteiger charge is -2.15. The molecule has 1 aromatic heterocycles. The summed E-state index contributed by atoms with van der Waals surface area (Å²) in [5.41, 5.74) is 1.16. The Balaban J connectivity index is 1.68. The predicted molar refractivity (Wildman–Crippen MR) is 100 cm³/mol. The van der Waals surface area contributed by atoms with E-state index in [1.165, 1.54) is 6.07 Å². The molecular weight excluding hydrogens is 380 g/mol. The second-order valence-corrected chi connectivity index (χ2v) is 7.03. The Bertz CT molecular complexity index is 874. The zero-order valence-electron chi connectivity index (χ0n) is 14.2. The fraction of sp³-hybridized carbons (Fsp3) is 0.412. The number of nitrogens with zero attached hydrogens (tertiary/aromatic N) is 5. The Morgan fingerprint density at radius 2 is 2.12 bits per heavy atom. The first-order valence-corrected chi connectivity index (χ1v) is 8.97. The molecule has 9 heteroatoms. The second-order valence-electron chi connectivity index (χ2n) is 6.21. The Labute approximate surface area is 160 Å². The number of phenolic OH excluding ortho intramolecular Hbond substituents is 1. The Morgan fingerprint density at radius 3 is 2.88 bits per heavy atom. The fourth-order valence-corrected chi connectivity index (χ4v) is 3.32. The van der Waals surface area contributed by atoms with Gasteiger partial charge in [-0.05, 0) is 25.2 Å². The molecule has 6 nitrogen and oxygen atoms in total. The zero-order chi connectivity index (χ0) is 18.7. The van der Waals surface area contributed by atoms with E-state index in [1.807, 2.05) is 25.4 Å². The van der Waals surface area contributed by atoms with Gasteiger partial charge in [-0.15, -0.1) is 4.68 Å². The van der Waals surface area contributed by atoms with Crippen LogP contribution in [0.5, 0.6) is 5.75 Å². The quantitative estimate of drug-likeness (QED) is 0.719. The molecule has 0 amide bonds. The third-order valence-electron chi connectivity index (χ3n) is 4.02. The van der Waals surface area contributed by atoms with Gasteiger partial charge in [-0.2, -0.15) is 0 Å². The molecule has 0 saturated heterocycles. The summed E-state index contributed by atoms with van der Waals surface area (Å²) in [6.45, 7) is 1.38. The smallest absolute Gasteiger partial charge is 0.235 e. The van der Waals surface area contributed by atoms with E-state index in [4.69, 9.17) is 23.2 Å². The average Bonchev–Trinajstić information content (AvgIpc) is 3.05. The van der Waals surface area contributed by atoms with Crippen LogP contribution in [0.25, 0.3) is 10.9 Å². The van der Waals surface area contributed by atoms with Gasteiger partial charge in [0.2, 0.25) is 6.04 Å². The second kappa shape index (κ2) is 8.24. The van der Waals surface area contributed by atoms with Crippen LogP contribution in [0, 0.1) is 0 Å². The predicted octanol–water partition coefficient (Wildman–Crippen LogP) is 3.87. The van der Waals surface area contributed by atoms with Crippen molar-refractivity contribution in [3.05, 3.63) is 33.9 Å². The molecule has 1 unspecified atom stereocenters. The van der Waals surface area contributed by atoms with Crippen LogP contribution in [0.2, 0.25) is 10.0 Å². The van der Waals surface area contributed by atoms with Gasteiger partial charge >= 0.3 is 0 Å². The number of hydrogen-bond acceptors (Lipinski definition) is 5. The van der Waals surface area contributed by atoms with Crippen LogP contribution in [0.15, 0.2) is 28.5 Å². The number of hydrogen-bond donors (Lipinski definition) is 1. The van der Waals surface area contributed by atoms with E-state index in [0.717, 1.165) is 5.69 Å². The standard InChI is InChI=1S/C17H18Cl2FN5O/c1-24(9-12-10-25(23-22-12)6-2-5-20)8-11-3-4-13-14(18)7-15(19)17(26)16(13)21-11/h3-4,7,10,12H,2,5-6,8-9H2,1H3/p+1. The molecule has 0 saturated carbocycles. The minimum absolute atomic E-state index is 0.0719. The number of benzene rings is 1. The van der Waals surface area contributed by atoms with E-state index in [0.29, 0.717) is 42.0 Å². The highest BCUT2D eigenvalue weighted by Gasteiger charge is 2.23. The molecular formula is C17H19Cl2FN5O+. The highest BCUT2D eigenvalue weighted by atomic mass is 35.5. The van der Waals surface area contributed by atoms with Crippen molar-refractivity contribution < 1.29 is 14.2 Å². The van der Waals surface area contributed by atoms with Crippen LogP contribution < -0.4 is 0 Å². The van der Waals surface area contributed by atoms with E-state index in [1.54, 1.807) is 4.68 Å². The number of rotatable bonds is 7. The van der Waals surface area contributed by atoms with E-state index in [-0.39, 0.29) is 23.5 Å². The van der Waals surface area contributed by atoms with Crippen molar-refractivity contribution in [2.45, 2.75) is 19.0 Å². The van der Waals surface area contributed by atoms with Gasteiger partial charge in [0.1, 0.15) is 23.5 Å². The SMILES string of the molecule is CN(Cc1ccc2c(Cl)cc(Cl)c(O)c2n1)CC1C=[N+](CCCF)N=N1. The molecule has 26 heavy (non-hydrogen) atoms. The van der Waals surface area contributed by atoms with Gasteiger partial charge in [0.25, 0.3) is 0 Å². The normalized spacial score (nSPS) is 16.7. The van der Waals surface area contributed by atoms with Crippen LogP contribution in [0.3, 0.4) is 0 Å². The Morgan fingerprint density at radius 1 is 1.31 bits per heavy atom. The molecule has 1 N–H and O–H groups in total. The van der Waals surface area contributed by atoms with Gasteiger partial charge in [0.05, 0.1) is 29.0 Å². The van der Waals surface area contributed by atoms with Crippen molar-refractivity contribution in [1.82, 2.24) is 9.88 Å². The number of likely N-dealkylation sites (N-methyl/N-ethyl adjacent to an activating group) is 1. The highest BCUT2D eigenvalue weighted by molar-refractivity contribution is 6.39. The zero-order valence-corrected chi connectivity index (χ0v) is 15.8. The molecule has 2 heterocycles. The third kappa shape index (κ3) is 4.28. The van der Waals surface area contributed by atoms with Crippen molar-refractivity contribution in [2.24, 2.45) is 10.3 Å². The molecule has 0 fully saturated rings. The van der Waals surface area contributed by atoms with Crippen LogP contribution in [-0.4, -0.2) is 58.7 Å². The minimum atomic E-state index is -0.362. The lowest BCUT2D eigenvalue weighted by Crippen LogP contribution is -2.29. The summed E-state index contributed by atoms with van der Waals surface area (Å²) in [4.78, 5) is 6.54. The van der Waals surface area contributed by atoms with Crippen LogP contribution in [0.4, 0.5) is 4.39 Å². The van der Waals surface area contributed by atoms with Crippen molar-refractivity contribution in [3.8, 4) is 5.75 Å². The summed E-state index contributed by atoms with van der Waals surface area (Å²) in [6.07, 6.45) is 2.33.